The molecule has 20 heavy (non-hydrogen) atoms. The molecule has 0 radical (unpaired) electrons. The van der Waals surface area contributed by atoms with Gasteiger partial charge in [0.25, 0.3) is 0 Å². The fourth-order valence-corrected chi connectivity index (χ4v) is 2.98. The van der Waals surface area contributed by atoms with Crippen molar-refractivity contribution in [3.05, 3.63) is 30.1 Å². The Morgan fingerprint density at radius 3 is 3.25 bits per heavy atom. The largest absolute Gasteiger partial charge is 0.381 e. The first-order valence-corrected chi connectivity index (χ1v) is 7.32. The summed E-state index contributed by atoms with van der Waals surface area (Å²) in [6.45, 7) is 3.97. The predicted molar refractivity (Wildman–Crippen MR) is 75.1 cm³/mol. The van der Waals surface area contributed by atoms with Crippen molar-refractivity contribution in [2.24, 2.45) is 5.92 Å². The molecule has 2 aliphatic heterocycles. The third-order valence-corrected chi connectivity index (χ3v) is 4.12. The molecular weight excluding hydrogens is 254 g/mol. The van der Waals surface area contributed by atoms with Crippen LogP contribution >= 0.6 is 0 Å². The summed E-state index contributed by atoms with van der Waals surface area (Å²) in [5, 5.41) is 3.37. The Balaban J connectivity index is 1.70. The molecule has 2 saturated heterocycles. The number of hydrogen-bond acceptors (Lipinski definition) is 4. The highest BCUT2D eigenvalue weighted by Gasteiger charge is 2.30. The Hall–Kier alpha value is -1.46. The lowest BCUT2D eigenvalue weighted by Crippen LogP contribution is -2.49. The van der Waals surface area contributed by atoms with Crippen LogP contribution in [0.1, 0.15) is 24.4 Å². The molecule has 1 aromatic rings. The third kappa shape index (κ3) is 2.99. The second-order valence-corrected chi connectivity index (χ2v) is 5.53. The quantitative estimate of drug-likeness (QED) is 0.893. The van der Waals surface area contributed by atoms with Crippen LogP contribution in [0.4, 0.5) is 0 Å². The Morgan fingerprint density at radius 2 is 2.50 bits per heavy atom. The highest BCUT2D eigenvalue weighted by atomic mass is 16.5. The van der Waals surface area contributed by atoms with E-state index in [0.717, 1.165) is 44.8 Å². The van der Waals surface area contributed by atoms with E-state index in [4.69, 9.17) is 4.74 Å². The number of aromatic nitrogens is 1. The summed E-state index contributed by atoms with van der Waals surface area (Å²) in [7, 11) is 0. The zero-order chi connectivity index (χ0) is 13.8. The lowest BCUT2D eigenvalue weighted by atomic mass is 10.0. The molecule has 1 aromatic heterocycles. The molecule has 2 fully saturated rings. The normalized spacial score (nSPS) is 26.7. The van der Waals surface area contributed by atoms with Gasteiger partial charge in [0, 0.05) is 51.7 Å². The fourth-order valence-electron chi connectivity index (χ4n) is 2.98. The number of ether oxygens (including phenoxy) is 1. The Kier molecular flexibility index (Phi) is 4.28. The van der Waals surface area contributed by atoms with Crippen LogP contribution in [0.25, 0.3) is 0 Å². The molecule has 1 amide bonds. The molecule has 2 aliphatic rings. The van der Waals surface area contributed by atoms with Gasteiger partial charge in [-0.1, -0.05) is 6.07 Å². The minimum Gasteiger partial charge on any atom is -0.381 e. The van der Waals surface area contributed by atoms with E-state index in [0.29, 0.717) is 12.3 Å². The number of pyridine rings is 1. The van der Waals surface area contributed by atoms with Crippen molar-refractivity contribution < 1.29 is 9.53 Å². The summed E-state index contributed by atoms with van der Waals surface area (Å²) >= 11 is 0. The van der Waals surface area contributed by atoms with Gasteiger partial charge in [-0.05, 0) is 24.0 Å². The second kappa shape index (κ2) is 6.33. The second-order valence-electron chi connectivity index (χ2n) is 5.53. The van der Waals surface area contributed by atoms with Crippen LogP contribution in [0.15, 0.2) is 24.5 Å². The van der Waals surface area contributed by atoms with E-state index in [1.165, 1.54) is 0 Å². The summed E-state index contributed by atoms with van der Waals surface area (Å²) in [5.41, 5.74) is 1.11. The van der Waals surface area contributed by atoms with Crippen LogP contribution in [0.5, 0.6) is 0 Å². The summed E-state index contributed by atoms with van der Waals surface area (Å²) in [4.78, 5) is 18.7. The number of nitrogens with zero attached hydrogens (tertiary/aromatic N) is 2. The van der Waals surface area contributed by atoms with Gasteiger partial charge in [-0.25, -0.2) is 0 Å². The maximum atomic E-state index is 12.6. The topological polar surface area (TPSA) is 54.5 Å². The number of carbonyl (C=O) groups excluding carboxylic acids is 1. The monoisotopic (exact) mass is 275 g/mol. The van der Waals surface area contributed by atoms with Gasteiger partial charge in [-0.2, -0.15) is 0 Å². The molecule has 5 nitrogen and oxygen atoms in total. The molecule has 2 unspecified atom stereocenters. The molecular formula is C15H21N3O2. The molecule has 0 aliphatic carbocycles. The van der Waals surface area contributed by atoms with Crippen molar-refractivity contribution in [1.29, 1.82) is 0 Å². The van der Waals surface area contributed by atoms with Crippen LogP contribution in [-0.4, -0.2) is 48.6 Å². The van der Waals surface area contributed by atoms with Crippen molar-refractivity contribution in [3.8, 4) is 0 Å². The van der Waals surface area contributed by atoms with Crippen molar-refractivity contribution in [2.45, 2.75) is 18.9 Å². The van der Waals surface area contributed by atoms with Gasteiger partial charge in [-0.15, -0.1) is 0 Å². The van der Waals surface area contributed by atoms with Gasteiger partial charge in [0.2, 0.25) is 5.91 Å². The van der Waals surface area contributed by atoms with Crippen LogP contribution < -0.4 is 5.32 Å². The Morgan fingerprint density at radius 1 is 1.55 bits per heavy atom. The summed E-state index contributed by atoms with van der Waals surface area (Å²) in [6, 6.07) is 4.08. The van der Waals surface area contributed by atoms with E-state index in [1.54, 1.807) is 6.20 Å². The molecule has 108 valence electrons. The number of nitrogens with one attached hydrogen (secondary N) is 1. The van der Waals surface area contributed by atoms with Crippen molar-refractivity contribution in [2.75, 3.05) is 32.8 Å². The number of hydrogen-bond donors (Lipinski definition) is 1. The number of amides is 1. The average Bonchev–Trinajstić information content (AvgIpc) is 3.01. The first kappa shape index (κ1) is 13.5. The highest BCUT2D eigenvalue weighted by Crippen LogP contribution is 2.25. The Labute approximate surface area is 119 Å². The Bertz CT molecular complexity index is 446. The average molecular weight is 275 g/mol. The summed E-state index contributed by atoms with van der Waals surface area (Å²) in [5.74, 6) is 0.641. The maximum Gasteiger partial charge on any atom is 0.223 e. The fraction of sp³-hybridized carbons (Fsp3) is 0.600. The molecule has 0 bridgehead atoms. The van der Waals surface area contributed by atoms with Gasteiger partial charge in [0.1, 0.15) is 0 Å². The summed E-state index contributed by atoms with van der Waals surface area (Å²) < 4.78 is 5.36. The number of carbonyl (C=O) groups is 1. The van der Waals surface area contributed by atoms with Crippen molar-refractivity contribution >= 4 is 5.91 Å². The van der Waals surface area contributed by atoms with E-state index in [9.17, 15) is 4.79 Å². The van der Waals surface area contributed by atoms with Crippen molar-refractivity contribution in [1.82, 2.24) is 15.2 Å². The minimum absolute atomic E-state index is 0.104. The zero-order valence-electron chi connectivity index (χ0n) is 11.6. The van der Waals surface area contributed by atoms with Gasteiger partial charge < -0.3 is 15.0 Å². The van der Waals surface area contributed by atoms with Gasteiger partial charge in [0.15, 0.2) is 0 Å². The first-order valence-electron chi connectivity index (χ1n) is 7.32. The lowest BCUT2D eigenvalue weighted by Gasteiger charge is -2.37. The third-order valence-electron chi connectivity index (χ3n) is 4.12. The summed E-state index contributed by atoms with van der Waals surface area (Å²) in [6.07, 6.45) is 5.24. The van der Waals surface area contributed by atoms with E-state index < -0.39 is 0 Å². The van der Waals surface area contributed by atoms with Crippen molar-refractivity contribution in [3.63, 3.8) is 0 Å². The first-order chi connectivity index (χ1) is 9.84. The number of piperazine rings is 1. The molecule has 0 saturated carbocycles. The predicted octanol–water partition coefficient (Wildman–Crippen LogP) is 0.981. The standard InChI is InChI=1S/C15H21N3O2/c19-15(8-12-3-7-20-11-12)18-6-5-17-10-14(18)13-2-1-4-16-9-13/h1-2,4,9,12,14,17H,3,5-8,10-11H2. The maximum absolute atomic E-state index is 12.6. The smallest absolute Gasteiger partial charge is 0.223 e. The molecule has 2 atom stereocenters. The van der Waals surface area contributed by atoms with Crippen LogP contribution in [0, 0.1) is 5.92 Å². The molecule has 1 N–H and O–H groups in total. The molecule has 5 heteroatoms. The SMILES string of the molecule is O=C(CC1CCOC1)N1CCNCC1c1cccnc1. The van der Waals surface area contributed by atoms with Gasteiger partial charge in [0.05, 0.1) is 6.04 Å². The van der Waals surface area contributed by atoms with E-state index in [-0.39, 0.29) is 11.9 Å². The van der Waals surface area contributed by atoms with Crippen LogP contribution in [0.3, 0.4) is 0 Å². The number of rotatable bonds is 3. The molecule has 0 spiro atoms. The van der Waals surface area contributed by atoms with E-state index >= 15 is 0 Å². The van der Waals surface area contributed by atoms with E-state index in [2.05, 4.69) is 10.3 Å². The van der Waals surface area contributed by atoms with Gasteiger partial charge in [-0.3, -0.25) is 9.78 Å². The molecule has 0 aromatic carbocycles. The molecule has 3 rings (SSSR count). The van der Waals surface area contributed by atoms with E-state index in [1.807, 2.05) is 23.2 Å². The van der Waals surface area contributed by atoms with Crippen LogP contribution in [0.2, 0.25) is 0 Å². The minimum atomic E-state index is 0.104. The highest BCUT2D eigenvalue weighted by molar-refractivity contribution is 5.77. The van der Waals surface area contributed by atoms with Crippen LogP contribution in [-0.2, 0) is 9.53 Å². The van der Waals surface area contributed by atoms with Gasteiger partial charge >= 0.3 is 0 Å². The lowest BCUT2D eigenvalue weighted by molar-refractivity contribution is -0.135. The molecule has 3 heterocycles. The zero-order valence-corrected chi connectivity index (χ0v) is 11.6.